The molecular weight excluding hydrogens is 350 g/mol. The lowest BCUT2D eigenvalue weighted by atomic mass is 10.1. The number of hydrogen-bond donors (Lipinski definition) is 2. The highest BCUT2D eigenvalue weighted by Gasteiger charge is 2.07. The zero-order chi connectivity index (χ0) is 19.9. The first-order chi connectivity index (χ1) is 13.5. The second-order valence-electron chi connectivity index (χ2n) is 6.92. The number of aromatic nitrogens is 1. The van der Waals surface area contributed by atoms with Gasteiger partial charge in [-0.25, -0.2) is 4.98 Å². The first-order valence-corrected chi connectivity index (χ1v) is 9.33. The number of anilines is 2. The maximum atomic E-state index is 12.3. The molecule has 3 rings (SSSR count). The molecule has 0 aliphatic carbocycles. The van der Waals surface area contributed by atoms with E-state index in [0.717, 1.165) is 22.7 Å². The molecule has 0 saturated heterocycles. The molecule has 2 N–H and O–H groups in total. The van der Waals surface area contributed by atoms with Crippen LogP contribution in [0.4, 0.5) is 11.4 Å². The van der Waals surface area contributed by atoms with Crippen molar-refractivity contribution in [2.45, 2.75) is 33.4 Å². The van der Waals surface area contributed by atoms with Gasteiger partial charge in [-0.05, 0) is 62.7 Å². The number of pyridine rings is 1. The number of nitrogens with zero attached hydrogens (tertiary/aromatic N) is 1. The van der Waals surface area contributed by atoms with Gasteiger partial charge in [0.05, 0.1) is 18.0 Å². The number of nitrogens with one attached hydrogen (secondary N) is 2. The largest absolute Gasteiger partial charge is 0.491 e. The van der Waals surface area contributed by atoms with Crippen molar-refractivity contribution in [2.75, 3.05) is 5.32 Å². The van der Waals surface area contributed by atoms with Crippen LogP contribution in [0.15, 0.2) is 66.9 Å². The molecule has 28 heavy (non-hydrogen) atoms. The third-order valence-corrected chi connectivity index (χ3v) is 4.08. The normalized spacial score (nSPS) is 10.6. The summed E-state index contributed by atoms with van der Waals surface area (Å²) in [4.78, 5) is 16.5. The summed E-state index contributed by atoms with van der Waals surface area (Å²) in [7, 11) is 0. The van der Waals surface area contributed by atoms with E-state index in [1.54, 1.807) is 12.3 Å². The maximum absolute atomic E-state index is 12.3. The van der Waals surface area contributed by atoms with Gasteiger partial charge in [0, 0.05) is 12.2 Å². The van der Waals surface area contributed by atoms with Crippen molar-refractivity contribution in [1.29, 1.82) is 0 Å². The SMILES string of the molecule is Cc1ccc(CNC(=O)c2ccc(Nc3ccc(OC(C)C)cc3)cn2)cc1. The lowest BCUT2D eigenvalue weighted by Crippen LogP contribution is -2.23. The topological polar surface area (TPSA) is 63.2 Å². The number of benzene rings is 2. The highest BCUT2D eigenvalue weighted by Crippen LogP contribution is 2.20. The van der Waals surface area contributed by atoms with Crippen molar-refractivity contribution in [2.24, 2.45) is 0 Å². The van der Waals surface area contributed by atoms with E-state index in [2.05, 4.69) is 15.6 Å². The van der Waals surface area contributed by atoms with Crippen LogP contribution in [-0.4, -0.2) is 17.0 Å². The average Bonchev–Trinajstić information content (AvgIpc) is 2.69. The standard InChI is InChI=1S/C23H25N3O2/c1-16(2)28-21-11-8-19(9-12-21)26-20-10-13-22(24-15-20)23(27)25-14-18-6-4-17(3)5-7-18/h4-13,15-16,26H,14H2,1-3H3,(H,25,27). The molecule has 1 heterocycles. The summed E-state index contributed by atoms with van der Waals surface area (Å²) >= 11 is 0. The Bertz CT molecular complexity index is 902. The smallest absolute Gasteiger partial charge is 0.270 e. The zero-order valence-electron chi connectivity index (χ0n) is 16.4. The summed E-state index contributed by atoms with van der Waals surface area (Å²) < 4.78 is 5.64. The monoisotopic (exact) mass is 375 g/mol. The summed E-state index contributed by atoms with van der Waals surface area (Å²) in [6.45, 7) is 6.51. The Kier molecular flexibility index (Phi) is 6.27. The van der Waals surface area contributed by atoms with Crippen LogP contribution in [0.2, 0.25) is 0 Å². The van der Waals surface area contributed by atoms with Crippen molar-refractivity contribution in [3.05, 3.63) is 83.7 Å². The lowest BCUT2D eigenvalue weighted by Gasteiger charge is -2.11. The molecule has 0 fully saturated rings. The third-order valence-electron chi connectivity index (χ3n) is 4.08. The molecule has 0 radical (unpaired) electrons. The fourth-order valence-electron chi connectivity index (χ4n) is 2.64. The van der Waals surface area contributed by atoms with E-state index in [9.17, 15) is 4.79 Å². The lowest BCUT2D eigenvalue weighted by molar-refractivity contribution is 0.0946. The van der Waals surface area contributed by atoms with Crippen LogP contribution in [0.3, 0.4) is 0 Å². The predicted molar refractivity (Wildman–Crippen MR) is 112 cm³/mol. The van der Waals surface area contributed by atoms with Gasteiger partial charge in [-0.2, -0.15) is 0 Å². The van der Waals surface area contributed by atoms with Crippen LogP contribution < -0.4 is 15.4 Å². The third kappa shape index (κ3) is 5.58. The number of carbonyl (C=O) groups excluding carboxylic acids is 1. The molecule has 3 aromatic rings. The van der Waals surface area contributed by atoms with E-state index in [1.807, 2.05) is 75.4 Å². The number of amides is 1. The Hall–Kier alpha value is -3.34. The van der Waals surface area contributed by atoms with Crippen molar-refractivity contribution in [3.8, 4) is 5.75 Å². The van der Waals surface area contributed by atoms with Crippen molar-refractivity contribution < 1.29 is 9.53 Å². The van der Waals surface area contributed by atoms with E-state index in [1.165, 1.54) is 5.56 Å². The van der Waals surface area contributed by atoms with E-state index in [0.29, 0.717) is 12.2 Å². The van der Waals surface area contributed by atoms with Crippen LogP contribution in [0, 0.1) is 6.92 Å². The van der Waals surface area contributed by atoms with Gasteiger partial charge in [0.1, 0.15) is 11.4 Å². The maximum Gasteiger partial charge on any atom is 0.270 e. The molecule has 0 aliphatic rings. The molecule has 0 saturated carbocycles. The van der Waals surface area contributed by atoms with Crippen LogP contribution in [-0.2, 0) is 6.54 Å². The second kappa shape index (κ2) is 9.04. The predicted octanol–water partition coefficient (Wildman–Crippen LogP) is 4.85. The average molecular weight is 375 g/mol. The molecule has 0 bridgehead atoms. The van der Waals surface area contributed by atoms with E-state index in [-0.39, 0.29) is 12.0 Å². The summed E-state index contributed by atoms with van der Waals surface area (Å²) in [5.74, 6) is 0.640. The fourth-order valence-corrected chi connectivity index (χ4v) is 2.64. The van der Waals surface area contributed by atoms with E-state index in [4.69, 9.17) is 4.74 Å². The minimum Gasteiger partial charge on any atom is -0.491 e. The summed E-state index contributed by atoms with van der Waals surface area (Å²) in [5, 5.41) is 6.15. The molecule has 0 aliphatic heterocycles. The number of rotatable bonds is 7. The van der Waals surface area contributed by atoms with Crippen molar-refractivity contribution in [3.63, 3.8) is 0 Å². The van der Waals surface area contributed by atoms with Gasteiger partial charge in [-0.15, -0.1) is 0 Å². The van der Waals surface area contributed by atoms with Crippen LogP contribution in [0.5, 0.6) is 5.75 Å². The van der Waals surface area contributed by atoms with Crippen molar-refractivity contribution >= 4 is 17.3 Å². The van der Waals surface area contributed by atoms with Crippen molar-refractivity contribution in [1.82, 2.24) is 10.3 Å². The molecule has 1 aromatic heterocycles. The molecule has 2 aromatic carbocycles. The molecule has 144 valence electrons. The van der Waals surface area contributed by atoms with Crippen LogP contribution in [0.25, 0.3) is 0 Å². The Balaban J connectivity index is 1.55. The molecule has 1 amide bonds. The summed E-state index contributed by atoms with van der Waals surface area (Å²) in [6.07, 6.45) is 1.80. The number of ether oxygens (including phenoxy) is 1. The minimum atomic E-state index is -0.192. The molecule has 0 unspecified atom stereocenters. The minimum absolute atomic E-state index is 0.146. The van der Waals surface area contributed by atoms with Gasteiger partial charge in [0.15, 0.2) is 0 Å². The number of carbonyl (C=O) groups is 1. The zero-order valence-corrected chi connectivity index (χ0v) is 16.4. The van der Waals surface area contributed by atoms with E-state index < -0.39 is 0 Å². The Morgan fingerprint density at radius 3 is 2.25 bits per heavy atom. The first kappa shape index (κ1) is 19.4. The van der Waals surface area contributed by atoms with Gasteiger partial charge in [-0.3, -0.25) is 4.79 Å². The van der Waals surface area contributed by atoms with Gasteiger partial charge in [-0.1, -0.05) is 29.8 Å². The van der Waals surface area contributed by atoms with E-state index >= 15 is 0 Å². The Morgan fingerprint density at radius 1 is 0.964 bits per heavy atom. The van der Waals surface area contributed by atoms with Gasteiger partial charge >= 0.3 is 0 Å². The van der Waals surface area contributed by atoms with Gasteiger partial charge < -0.3 is 15.4 Å². The Morgan fingerprint density at radius 2 is 1.64 bits per heavy atom. The number of aryl methyl sites for hydroxylation is 1. The van der Waals surface area contributed by atoms with Crippen LogP contribution >= 0.6 is 0 Å². The first-order valence-electron chi connectivity index (χ1n) is 9.33. The molecular formula is C23H25N3O2. The highest BCUT2D eigenvalue weighted by atomic mass is 16.5. The molecule has 0 spiro atoms. The van der Waals surface area contributed by atoms with Gasteiger partial charge in [0.2, 0.25) is 0 Å². The summed E-state index contributed by atoms with van der Waals surface area (Å²) in [5.41, 5.74) is 4.38. The molecule has 0 atom stereocenters. The quantitative estimate of drug-likeness (QED) is 0.620. The Labute approximate surface area is 165 Å². The summed E-state index contributed by atoms with van der Waals surface area (Å²) in [6, 6.07) is 19.4. The van der Waals surface area contributed by atoms with Crippen LogP contribution in [0.1, 0.15) is 35.5 Å². The highest BCUT2D eigenvalue weighted by molar-refractivity contribution is 5.92. The van der Waals surface area contributed by atoms with Gasteiger partial charge in [0.25, 0.3) is 5.91 Å². The molecule has 5 nitrogen and oxygen atoms in total. The second-order valence-corrected chi connectivity index (χ2v) is 6.92. The number of hydrogen-bond acceptors (Lipinski definition) is 4. The molecule has 5 heteroatoms. The fraction of sp³-hybridized carbons (Fsp3) is 0.217.